The number of nitrogens with zero attached hydrogens (tertiary/aromatic N) is 3. The molecule has 2 heterocycles. The molecule has 0 saturated heterocycles. The van der Waals surface area contributed by atoms with Gasteiger partial charge in [0.15, 0.2) is 10.4 Å². The van der Waals surface area contributed by atoms with Crippen LogP contribution in [0, 0.1) is 6.92 Å². The van der Waals surface area contributed by atoms with Crippen molar-refractivity contribution in [3.63, 3.8) is 0 Å². The molecule has 2 aromatic rings. The van der Waals surface area contributed by atoms with Crippen LogP contribution in [0.2, 0.25) is 0 Å². The Hall–Kier alpha value is -1.85. The Kier molecular flexibility index (Phi) is 5.63. The maximum Gasteiger partial charge on any atom is 0.269 e. The molecule has 0 aliphatic carbocycles. The first-order valence-corrected chi connectivity index (χ1v) is 11.7. The van der Waals surface area contributed by atoms with Crippen molar-refractivity contribution in [1.29, 1.82) is 0 Å². The van der Waals surface area contributed by atoms with Crippen LogP contribution >= 0.6 is 23.1 Å². The van der Waals surface area contributed by atoms with E-state index in [4.69, 9.17) is 4.74 Å². The topological polar surface area (TPSA) is 101 Å². The summed E-state index contributed by atoms with van der Waals surface area (Å²) in [6, 6.07) is 5.20. The largest absolute Gasteiger partial charge is 0.476 e. The molecule has 1 N–H and O–H groups in total. The molecule has 8 nitrogen and oxygen atoms in total. The Morgan fingerprint density at radius 2 is 2.15 bits per heavy atom. The number of aryl methyl sites for hydroxylation is 1. The van der Waals surface area contributed by atoms with Crippen LogP contribution in [0.25, 0.3) is 0 Å². The number of amides is 1. The van der Waals surface area contributed by atoms with Gasteiger partial charge in [0.2, 0.25) is 15.2 Å². The summed E-state index contributed by atoms with van der Waals surface area (Å²) >= 11 is 2.82. The number of carbonyl (C=O) groups is 1. The summed E-state index contributed by atoms with van der Waals surface area (Å²) in [7, 11) is -3.56. The molecule has 1 amide bonds. The van der Waals surface area contributed by atoms with Crippen LogP contribution in [0.15, 0.2) is 22.5 Å². The lowest BCUT2D eigenvalue weighted by Gasteiger charge is -2.33. The van der Waals surface area contributed by atoms with E-state index in [2.05, 4.69) is 15.5 Å². The van der Waals surface area contributed by atoms with Crippen LogP contribution < -0.4 is 14.4 Å². The van der Waals surface area contributed by atoms with Crippen LogP contribution in [0.4, 0.5) is 10.8 Å². The fourth-order valence-electron chi connectivity index (χ4n) is 2.51. The van der Waals surface area contributed by atoms with E-state index in [0.717, 1.165) is 16.2 Å². The molecule has 27 heavy (non-hydrogen) atoms. The zero-order valence-corrected chi connectivity index (χ0v) is 17.7. The fourth-order valence-corrected chi connectivity index (χ4v) is 5.40. The molecule has 0 spiro atoms. The second kappa shape index (κ2) is 7.64. The van der Waals surface area contributed by atoms with E-state index in [-0.39, 0.29) is 6.54 Å². The van der Waals surface area contributed by atoms with Crippen molar-refractivity contribution in [3.05, 3.63) is 23.8 Å². The number of aromatic nitrogens is 2. The Morgan fingerprint density at radius 1 is 1.41 bits per heavy atom. The predicted molar refractivity (Wildman–Crippen MR) is 107 cm³/mol. The van der Waals surface area contributed by atoms with E-state index in [1.54, 1.807) is 30.0 Å². The molecule has 0 radical (unpaired) electrons. The first kappa shape index (κ1) is 19.9. The molecule has 1 aromatic heterocycles. The number of ether oxygens (including phenoxy) is 1. The first-order chi connectivity index (χ1) is 12.6. The number of anilines is 2. The molecule has 0 fully saturated rings. The van der Waals surface area contributed by atoms with Crippen LogP contribution in [-0.2, 0) is 14.8 Å². The number of carbonyl (C=O) groups excluding carboxylic acids is 1. The van der Waals surface area contributed by atoms with E-state index in [0.29, 0.717) is 21.8 Å². The Morgan fingerprint density at radius 3 is 2.81 bits per heavy atom. The smallest absolute Gasteiger partial charge is 0.269 e. The van der Waals surface area contributed by atoms with Crippen molar-refractivity contribution < 1.29 is 17.9 Å². The lowest BCUT2D eigenvalue weighted by atomic mass is 10.1. The highest BCUT2D eigenvalue weighted by molar-refractivity contribution is 8.01. The molecule has 1 atom stereocenters. The third kappa shape index (κ3) is 4.71. The summed E-state index contributed by atoms with van der Waals surface area (Å²) in [4.78, 5) is 12.6. The number of hydrogen-bond donors (Lipinski definition) is 1. The summed E-state index contributed by atoms with van der Waals surface area (Å²) in [6.45, 7) is 5.85. The van der Waals surface area contributed by atoms with E-state index in [1.807, 2.05) is 20.8 Å². The molecule has 0 saturated carbocycles. The van der Waals surface area contributed by atoms with Crippen molar-refractivity contribution in [3.8, 4) is 5.75 Å². The van der Waals surface area contributed by atoms with Gasteiger partial charge in [0.05, 0.1) is 18.5 Å². The van der Waals surface area contributed by atoms with Crippen molar-refractivity contribution >= 4 is 49.8 Å². The molecular formula is C16H20N4O4S3. The van der Waals surface area contributed by atoms with Gasteiger partial charge in [-0.1, -0.05) is 43.0 Å². The van der Waals surface area contributed by atoms with Crippen LogP contribution in [0.1, 0.15) is 19.4 Å². The normalized spacial score (nSPS) is 16.8. The second-order valence-electron chi connectivity index (χ2n) is 6.40. The Balaban J connectivity index is 1.80. The van der Waals surface area contributed by atoms with Crippen LogP contribution in [0.3, 0.4) is 0 Å². The van der Waals surface area contributed by atoms with Crippen LogP contribution in [-0.4, -0.2) is 48.7 Å². The molecule has 11 heteroatoms. The summed E-state index contributed by atoms with van der Waals surface area (Å²) in [5.74, 6) is -0.104. The molecule has 1 aromatic carbocycles. The monoisotopic (exact) mass is 428 g/mol. The van der Waals surface area contributed by atoms with Gasteiger partial charge in [0.25, 0.3) is 5.91 Å². The van der Waals surface area contributed by atoms with Gasteiger partial charge in [-0.25, -0.2) is 8.42 Å². The van der Waals surface area contributed by atoms with Gasteiger partial charge in [0, 0.05) is 5.25 Å². The number of hydrogen-bond acceptors (Lipinski definition) is 8. The standard InChI is InChI=1S/C16H20N4O4S3/c1-9(2)25-16-19-18-15(26-16)17-14(21)13-8-20(27(4,22)23)11-6-5-10(3)7-12(11)24-13/h5-7,9,13H,8H2,1-4H3,(H,17,18,21)/t13-/m1/s1. The number of rotatable bonds is 5. The minimum atomic E-state index is -3.56. The SMILES string of the molecule is Cc1ccc2c(c1)O[C@@H](C(=O)Nc1nnc(SC(C)C)s1)CN2S(C)(=O)=O. The van der Waals surface area contributed by atoms with Gasteiger partial charge in [0.1, 0.15) is 5.75 Å². The number of thioether (sulfide) groups is 1. The van der Waals surface area contributed by atoms with Crippen LogP contribution in [0.5, 0.6) is 5.75 Å². The highest BCUT2D eigenvalue weighted by Gasteiger charge is 2.35. The molecule has 1 aliphatic rings. The number of nitrogens with one attached hydrogen (secondary N) is 1. The minimum Gasteiger partial charge on any atom is -0.476 e. The molecule has 146 valence electrons. The van der Waals surface area contributed by atoms with Gasteiger partial charge in [-0.2, -0.15) is 0 Å². The van der Waals surface area contributed by atoms with E-state index < -0.39 is 22.0 Å². The highest BCUT2D eigenvalue weighted by Crippen LogP contribution is 2.36. The lowest BCUT2D eigenvalue weighted by Crippen LogP contribution is -2.48. The highest BCUT2D eigenvalue weighted by atomic mass is 32.2. The summed E-state index contributed by atoms with van der Waals surface area (Å²) in [6.07, 6.45) is 0.121. The number of sulfonamides is 1. The van der Waals surface area contributed by atoms with Gasteiger partial charge in [-0.15, -0.1) is 10.2 Å². The minimum absolute atomic E-state index is 0.104. The third-order valence-corrected chi connectivity index (χ3v) is 6.72. The second-order valence-corrected chi connectivity index (χ2v) is 11.1. The van der Waals surface area contributed by atoms with E-state index in [1.165, 1.54) is 15.6 Å². The van der Waals surface area contributed by atoms with Crippen molar-refractivity contribution in [1.82, 2.24) is 10.2 Å². The zero-order valence-electron chi connectivity index (χ0n) is 15.3. The Labute approximate surface area is 166 Å². The molecule has 0 unspecified atom stereocenters. The van der Waals surface area contributed by atoms with E-state index >= 15 is 0 Å². The van der Waals surface area contributed by atoms with Gasteiger partial charge in [-0.3, -0.25) is 14.4 Å². The predicted octanol–water partition coefficient (Wildman–Crippen LogP) is 2.51. The average molecular weight is 429 g/mol. The molecule has 0 bridgehead atoms. The quantitative estimate of drug-likeness (QED) is 0.577. The molecular weight excluding hydrogens is 408 g/mol. The van der Waals surface area contributed by atoms with Crippen molar-refractivity contribution in [2.75, 3.05) is 22.4 Å². The molecule has 1 aliphatic heterocycles. The summed E-state index contributed by atoms with van der Waals surface area (Å²) in [5.41, 5.74) is 1.33. The molecule has 3 rings (SSSR count). The number of fused-ring (bicyclic) bond motifs is 1. The van der Waals surface area contributed by atoms with Crippen molar-refractivity contribution in [2.45, 2.75) is 36.5 Å². The van der Waals surface area contributed by atoms with Gasteiger partial charge in [-0.05, 0) is 24.6 Å². The summed E-state index contributed by atoms with van der Waals surface area (Å²) in [5, 5.41) is 11.4. The first-order valence-electron chi connectivity index (χ1n) is 8.19. The maximum atomic E-state index is 12.6. The third-order valence-electron chi connectivity index (χ3n) is 3.65. The van der Waals surface area contributed by atoms with Gasteiger partial charge < -0.3 is 4.74 Å². The van der Waals surface area contributed by atoms with E-state index in [9.17, 15) is 13.2 Å². The lowest BCUT2D eigenvalue weighted by molar-refractivity contribution is -0.122. The average Bonchev–Trinajstić information content (AvgIpc) is 2.98. The summed E-state index contributed by atoms with van der Waals surface area (Å²) < 4.78 is 32.1. The fraction of sp³-hybridized carbons (Fsp3) is 0.438. The van der Waals surface area contributed by atoms with Crippen molar-refractivity contribution in [2.24, 2.45) is 0 Å². The number of benzene rings is 1. The Bertz CT molecular complexity index is 958. The van der Waals surface area contributed by atoms with Gasteiger partial charge >= 0.3 is 0 Å². The maximum absolute atomic E-state index is 12.6. The zero-order chi connectivity index (χ0) is 19.8.